The molecule has 0 saturated heterocycles. The van der Waals surface area contributed by atoms with E-state index in [9.17, 15) is 9.59 Å². The zero-order chi connectivity index (χ0) is 18.6. The number of nitrogens with one attached hydrogen (secondary N) is 1. The maximum Gasteiger partial charge on any atom is 0.237 e. The van der Waals surface area contributed by atoms with E-state index >= 15 is 0 Å². The fourth-order valence-corrected chi connectivity index (χ4v) is 4.07. The zero-order valence-electron chi connectivity index (χ0n) is 14.8. The summed E-state index contributed by atoms with van der Waals surface area (Å²) in [6.07, 6.45) is 1.00. The Morgan fingerprint density at radius 1 is 1.15 bits per heavy atom. The van der Waals surface area contributed by atoms with Crippen molar-refractivity contribution in [2.24, 2.45) is 0 Å². The van der Waals surface area contributed by atoms with Crippen LogP contribution in [0.4, 0.5) is 5.69 Å². The van der Waals surface area contributed by atoms with E-state index in [1.54, 1.807) is 16.7 Å². The summed E-state index contributed by atoms with van der Waals surface area (Å²) in [6, 6.07) is 13.5. The second kappa shape index (κ2) is 7.92. The third-order valence-corrected chi connectivity index (χ3v) is 5.57. The molecule has 2 aromatic rings. The average molecular weight is 384 g/mol. The number of anilines is 1. The van der Waals surface area contributed by atoms with Gasteiger partial charge >= 0.3 is 0 Å². The Morgan fingerprint density at radius 2 is 2.00 bits per heavy atom. The molecule has 1 N–H and O–H groups in total. The van der Waals surface area contributed by atoms with Gasteiger partial charge in [0.15, 0.2) is 11.5 Å². The molecule has 4 rings (SSSR count). The lowest BCUT2D eigenvalue weighted by Gasteiger charge is -2.28. The van der Waals surface area contributed by atoms with E-state index in [4.69, 9.17) is 9.47 Å². The molecule has 2 aliphatic heterocycles. The lowest BCUT2D eigenvalue weighted by molar-refractivity contribution is -0.121. The number of amides is 2. The number of ether oxygens (including phenoxy) is 2. The first kappa shape index (κ1) is 17.7. The second-order valence-corrected chi connectivity index (χ2v) is 7.39. The van der Waals surface area contributed by atoms with Crippen LogP contribution in [0.1, 0.15) is 18.4 Å². The first-order chi connectivity index (χ1) is 13.2. The Balaban J connectivity index is 1.26. The summed E-state index contributed by atoms with van der Waals surface area (Å²) in [5.41, 5.74) is 1.91. The topological polar surface area (TPSA) is 67.9 Å². The van der Waals surface area contributed by atoms with E-state index in [0.29, 0.717) is 37.4 Å². The van der Waals surface area contributed by atoms with E-state index in [2.05, 4.69) is 5.32 Å². The number of rotatable bonds is 6. The van der Waals surface area contributed by atoms with Crippen LogP contribution in [0, 0.1) is 0 Å². The molecule has 0 aliphatic carbocycles. The fourth-order valence-electron chi connectivity index (χ4n) is 3.14. The minimum absolute atomic E-state index is 0.0280. The summed E-state index contributed by atoms with van der Waals surface area (Å²) in [7, 11) is 0. The molecule has 7 heteroatoms. The summed E-state index contributed by atoms with van der Waals surface area (Å²) in [4.78, 5) is 27.3. The number of hydrogen-bond donors (Lipinski definition) is 1. The molecule has 0 radical (unpaired) electrons. The van der Waals surface area contributed by atoms with Crippen molar-refractivity contribution in [1.29, 1.82) is 0 Å². The quantitative estimate of drug-likeness (QED) is 0.829. The number of benzene rings is 2. The zero-order valence-corrected chi connectivity index (χ0v) is 15.6. The largest absolute Gasteiger partial charge is 0.454 e. The second-order valence-electron chi connectivity index (χ2n) is 6.37. The monoisotopic (exact) mass is 384 g/mol. The smallest absolute Gasteiger partial charge is 0.237 e. The van der Waals surface area contributed by atoms with Crippen molar-refractivity contribution in [3.63, 3.8) is 0 Å². The van der Waals surface area contributed by atoms with Gasteiger partial charge in [0, 0.05) is 24.4 Å². The fraction of sp³-hybridized carbons (Fsp3) is 0.300. The van der Waals surface area contributed by atoms with Gasteiger partial charge in [0.1, 0.15) is 0 Å². The van der Waals surface area contributed by atoms with Gasteiger partial charge in [-0.25, -0.2) is 0 Å². The molecule has 0 spiro atoms. The molecule has 0 bridgehead atoms. The molecule has 0 fully saturated rings. The minimum atomic E-state index is -0.0280. The van der Waals surface area contributed by atoms with Crippen molar-refractivity contribution in [1.82, 2.24) is 5.32 Å². The van der Waals surface area contributed by atoms with Crippen LogP contribution in [0.3, 0.4) is 0 Å². The van der Waals surface area contributed by atoms with E-state index < -0.39 is 0 Å². The van der Waals surface area contributed by atoms with E-state index in [1.165, 1.54) is 0 Å². The van der Waals surface area contributed by atoms with Crippen LogP contribution in [0.2, 0.25) is 0 Å². The normalized spacial score (nSPS) is 14.8. The maximum atomic E-state index is 12.2. The highest BCUT2D eigenvalue weighted by atomic mass is 32.2. The molecular weight excluding hydrogens is 364 g/mol. The van der Waals surface area contributed by atoms with Crippen LogP contribution < -0.4 is 19.7 Å². The number of nitrogens with zero attached hydrogens (tertiary/aromatic N) is 1. The number of thioether (sulfide) groups is 1. The minimum Gasteiger partial charge on any atom is -0.454 e. The molecule has 0 unspecified atom stereocenters. The highest BCUT2D eigenvalue weighted by Gasteiger charge is 2.24. The Hall–Kier alpha value is -2.67. The summed E-state index contributed by atoms with van der Waals surface area (Å²) < 4.78 is 10.6. The summed E-state index contributed by atoms with van der Waals surface area (Å²) in [5, 5.41) is 2.92. The van der Waals surface area contributed by atoms with Crippen molar-refractivity contribution in [3.8, 4) is 11.5 Å². The lowest BCUT2D eigenvalue weighted by atomic mass is 10.2. The predicted octanol–water partition coefficient (Wildman–Crippen LogP) is 2.95. The Kier molecular flexibility index (Phi) is 5.20. The van der Waals surface area contributed by atoms with E-state index in [-0.39, 0.29) is 18.6 Å². The number of carbonyl (C=O) groups is 2. The van der Waals surface area contributed by atoms with Crippen molar-refractivity contribution in [2.45, 2.75) is 24.3 Å². The average Bonchev–Trinajstić information content (AvgIpc) is 3.16. The lowest BCUT2D eigenvalue weighted by Crippen LogP contribution is -2.36. The molecular formula is C20H20N2O4S. The molecule has 2 heterocycles. The van der Waals surface area contributed by atoms with Gasteiger partial charge < -0.3 is 19.7 Å². The van der Waals surface area contributed by atoms with Gasteiger partial charge in [0.05, 0.1) is 11.4 Å². The van der Waals surface area contributed by atoms with Crippen molar-refractivity contribution in [2.75, 3.05) is 24.0 Å². The first-order valence-electron chi connectivity index (χ1n) is 8.88. The van der Waals surface area contributed by atoms with Crippen LogP contribution in [0.5, 0.6) is 11.5 Å². The molecule has 2 aromatic carbocycles. The number of fused-ring (bicyclic) bond motifs is 2. The molecule has 6 nitrogen and oxygen atoms in total. The molecule has 0 saturated carbocycles. The SMILES string of the molecule is O=C(CCCN1C(=O)CSc2ccccc21)NCc1ccc2c(c1)OCO2. The summed E-state index contributed by atoms with van der Waals surface area (Å²) >= 11 is 1.56. The highest BCUT2D eigenvalue weighted by Crippen LogP contribution is 2.35. The summed E-state index contributed by atoms with van der Waals surface area (Å²) in [5.74, 6) is 1.96. The van der Waals surface area contributed by atoms with Crippen LogP contribution >= 0.6 is 11.8 Å². The van der Waals surface area contributed by atoms with Crippen LogP contribution in [-0.2, 0) is 16.1 Å². The van der Waals surface area contributed by atoms with Crippen molar-refractivity contribution in [3.05, 3.63) is 48.0 Å². The molecule has 0 aromatic heterocycles. The van der Waals surface area contributed by atoms with Gasteiger partial charge in [0.2, 0.25) is 18.6 Å². The molecule has 140 valence electrons. The maximum absolute atomic E-state index is 12.2. The van der Waals surface area contributed by atoms with Crippen LogP contribution in [0.25, 0.3) is 0 Å². The first-order valence-corrected chi connectivity index (χ1v) is 9.87. The molecule has 2 aliphatic rings. The Bertz CT molecular complexity index is 871. The van der Waals surface area contributed by atoms with Crippen molar-refractivity contribution < 1.29 is 19.1 Å². The van der Waals surface area contributed by atoms with Gasteiger partial charge in [-0.3, -0.25) is 9.59 Å². The van der Waals surface area contributed by atoms with E-state index in [1.807, 2.05) is 42.5 Å². The molecule has 0 atom stereocenters. The van der Waals surface area contributed by atoms with Gasteiger partial charge in [-0.15, -0.1) is 11.8 Å². The van der Waals surface area contributed by atoms with Gasteiger partial charge in [0.25, 0.3) is 0 Å². The van der Waals surface area contributed by atoms with Gasteiger partial charge in [-0.1, -0.05) is 18.2 Å². The summed E-state index contributed by atoms with van der Waals surface area (Å²) in [6.45, 7) is 1.23. The van der Waals surface area contributed by atoms with Gasteiger partial charge in [-0.2, -0.15) is 0 Å². The predicted molar refractivity (Wildman–Crippen MR) is 103 cm³/mol. The number of hydrogen-bond acceptors (Lipinski definition) is 5. The third-order valence-electron chi connectivity index (χ3n) is 4.52. The number of carbonyl (C=O) groups excluding carboxylic acids is 2. The van der Waals surface area contributed by atoms with Crippen molar-refractivity contribution >= 4 is 29.3 Å². The number of para-hydroxylation sites is 1. The Morgan fingerprint density at radius 3 is 2.93 bits per heavy atom. The molecule has 2 amide bonds. The van der Waals surface area contributed by atoms with Crippen LogP contribution in [-0.4, -0.2) is 30.9 Å². The highest BCUT2D eigenvalue weighted by molar-refractivity contribution is 8.00. The standard InChI is InChI=1S/C20H20N2O4S/c23-19(21-11-14-7-8-16-17(10-14)26-13-25-16)6-3-9-22-15-4-1-2-5-18(15)27-12-20(22)24/h1-2,4-5,7-8,10H,3,6,9,11-13H2,(H,21,23). The van der Waals surface area contributed by atoms with Gasteiger partial charge in [-0.05, 0) is 36.2 Å². The third kappa shape index (κ3) is 4.03. The Labute approximate surface area is 161 Å². The van der Waals surface area contributed by atoms with E-state index in [0.717, 1.165) is 21.9 Å². The van der Waals surface area contributed by atoms with Crippen LogP contribution in [0.15, 0.2) is 47.4 Å². The molecule has 27 heavy (non-hydrogen) atoms.